The highest BCUT2D eigenvalue weighted by atomic mass is 32.2. The molecule has 2 N–H and O–H groups in total. The number of sulfonamides is 1. The van der Waals surface area contributed by atoms with E-state index in [2.05, 4.69) is 10.6 Å². The Morgan fingerprint density at radius 1 is 1.06 bits per heavy atom. The van der Waals surface area contributed by atoms with Crippen molar-refractivity contribution in [3.8, 4) is 0 Å². The summed E-state index contributed by atoms with van der Waals surface area (Å²) in [7, 11) is -0.872. The summed E-state index contributed by atoms with van der Waals surface area (Å²) in [4.78, 5) is 14.6. The Morgan fingerprint density at radius 3 is 2.33 bits per heavy atom. The molecule has 7 nitrogen and oxygen atoms in total. The molecule has 2 aromatic carbocycles. The van der Waals surface area contributed by atoms with Gasteiger partial charge in [0.05, 0.1) is 28.4 Å². The van der Waals surface area contributed by atoms with Crippen molar-refractivity contribution >= 4 is 33.0 Å². The molecular weight excluding hydrogens is 457 g/mol. The summed E-state index contributed by atoms with van der Waals surface area (Å²) in [5, 5.41) is 5.47. The van der Waals surface area contributed by atoms with E-state index in [1.165, 1.54) is 32.3 Å². The van der Waals surface area contributed by atoms with Gasteiger partial charge in [-0.05, 0) is 55.7 Å². The highest BCUT2D eigenvalue weighted by molar-refractivity contribution is 7.89. The van der Waals surface area contributed by atoms with Crippen molar-refractivity contribution in [2.24, 2.45) is 0 Å². The molecule has 0 saturated carbocycles. The molecule has 1 heterocycles. The number of anilines is 3. The summed E-state index contributed by atoms with van der Waals surface area (Å²) in [6, 6.07) is 7.87. The SMILES string of the molecule is Cc1ccc(S(=O)(=O)N(C)C)cc1NC(=O)CNc1cc(C(F)(F)F)ccc1N1CCCC1. The van der Waals surface area contributed by atoms with Crippen molar-refractivity contribution in [3.63, 3.8) is 0 Å². The van der Waals surface area contributed by atoms with Crippen LogP contribution in [0.25, 0.3) is 0 Å². The lowest BCUT2D eigenvalue weighted by atomic mass is 10.1. The van der Waals surface area contributed by atoms with E-state index < -0.39 is 27.7 Å². The van der Waals surface area contributed by atoms with Crippen LogP contribution in [0.15, 0.2) is 41.3 Å². The molecule has 3 rings (SSSR count). The Hall–Kier alpha value is -2.79. The first-order valence-electron chi connectivity index (χ1n) is 10.4. The second-order valence-corrected chi connectivity index (χ2v) is 10.2. The van der Waals surface area contributed by atoms with Gasteiger partial charge in [0.2, 0.25) is 15.9 Å². The van der Waals surface area contributed by atoms with Crippen LogP contribution < -0.4 is 15.5 Å². The number of amides is 1. The van der Waals surface area contributed by atoms with Gasteiger partial charge in [0.1, 0.15) is 0 Å². The molecule has 1 saturated heterocycles. The lowest BCUT2D eigenvalue weighted by Gasteiger charge is -2.23. The number of hydrogen-bond acceptors (Lipinski definition) is 5. The molecule has 1 aliphatic rings. The Labute approximate surface area is 191 Å². The van der Waals surface area contributed by atoms with Gasteiger partial charge in [-0.15, -0.1) is 0 Å². The van der Waals surface area contributed by atoms with E-state index in [4.69, 9.17) is 0 Å². The summed E-state index contributed by atoms with van der Waals surface area (Å²) in [5.41, 5.74) is 1.00. The number of carbonyl (C=O) groups is 1. The normalized spacial score (nSPS) is 14.6. The van der Waals surface area contributed by atoms with Gasteiger partial charge in [-0.25, -0.2) is 12.7 Å². The van der Waals surface area contributed by atoms with Gasteiger partial charge in [-0.3, -0.25) is 4.79 Å². The fourth-order valence-corrected chi connectivity index (χ4v) is 4.49. The number of nitrogens with one attached hydrogen (secondary N) is 2. The van der Waals surface area contributed by atoms with Crippen molar-refractivity contribution < 1.29 is 26.4 Å². The summed E-state index contributed by atoms with van der Waals surface area (Å²) < 4.78 is 65.5. The number of nitrogens with zero attached hydrogens (tertiary/aromatic N) is 2. The van der Waals surface area contributed by atoms with Gasteiger partial charge in [-0.1, -0.05) is 6.07 Å². The minimum absolute atomic E-state index is 0.0237. The number of halogens is 3. The maximum atomic E-state index is 13.2. The predicted octanol–water partition coefficient (Wildman–Crippen LogP) is 3.91. The summed E-state index contributed by atoms with van der Waals surface area (Å²) in [5.74, 6) is -0.512. The van der Waals surface area contributed by atoms with Gasteiger partial charge < -0.3 is 15.5 Å². The second-order valence-electron chi connectivity index (χ2n) is 8.09. The third-order valence-corrected chi connectivity index (χ3v) is 7.28. The van der Waals surface area contributed by atoms with E-state index >= 15 is 0 Å². The van der Waals surface area contributed by atoms with Crippen LogP contribution in [-0.4, -0.2) is 52.4 Å². The fourth-order valence-electron chi connectivity index (χ4n) is 3.56. The van der Waals surface area contributed by atoms with Crippen LogP contribution in [0.4, 0.5) is 30.2 Å². The monoisotopic (exact) mass is 484 g/mol. The van der Waals surface area contributed by atoms with Gasteiger partial charge in [-0.2, -0.15) is 13.2 Å². The number of alkyl halides is 3. The largest absolute Gasteiger partial charge is 0.416 e. The van der Waals surface area contributed by atoms with Gasteiger partial charge >= 0.3 is 6.18 Å². The first kappa shape index (κ1) is 24.8. The Morgan fingerprint density at radius 2 is 1.73 bits per heavy atom. The predicted molar refractivity (Wildman–Crippen MR) is 122 cm³/mol. The smallest absolute Gasteiger partial charge is 0.374 e. The van der Waals surface area contributed by atoms with Crippen molar-refractivity contribution in [1.29, 1.82) is 0 Å². The zero-order valence-corrected chi connectivity index (χ0v) is 19.5. The van der Waals surface area contributed by atoms with E-state index in [0.29, 0.717) is 16.9 Å². The van der Waals surface area contributed by atoms with Crippen molar-refractivity contribution in [3.05, 3.63) is 47.5 Å². The van der Waals surface area contributed by atoms with Crippen LogP contribution in [0, 0.1) is 6.92 Å². The van der Waals surface area contributed by atoms with Crippen LogP contribution in [0.3, 0.4) is 0 Å². The third kappa shape index (κ3) is 5.77. The number of carbonyl (C=O) groups excluding carboxylic acids is 1. The molecule has 0 radical (unpaired) electrons. The minimum Gasteiger partial charge on any atom is -0.374 e. The highest BCUT2D eigenvalue weighted by Crippen LogP contribution is 2.36. The quantitative estimate of drug-likeness (QED) is 0.623. The summed E-state index contributed by atoms with van der Waals surface area (Å²) >= 11 is 0. The van der Waals surface area contributed by atoms with Crippen molar-refractivity contribution in [1.82, 2.24) is 4.31 Å². The second kappa shape index (κ2) is 9.60. The highest BCUT2D eigenvalue weighted by Gasteiger charge is 2.31. The molecule has 2 aromatic rings. The van der Waals surface area contributed by atoms with Crippen LogP contribution in [0.5, 0.6) is 0 Å². The van der Waals surface area contributed by atoms with Gasteiger partial charge in [0.25, 0.3) is 0 Å². The first-order valence-corrected chi connectivity index (χ1v) is 11.9. The maximum absolute atomic E-state index is 13.2. The van der Waals surface area contributed by atoms with Crippen LogP contribution in [-0.2, 0) is 21.0 Å². The van der Waals surface area contributed by atoms with Crippen LogP contribution in [0.1, 0.15) is 24.0 Å². The molecule has 180 valence electrons. The van der Waals surface area contributed by atoms with E-state index in [1.54, 1.807) is 13.0 Å². The lowest BCUT2D eigenvalue weighted by Crippen LogP contribution is -2.25. The fraction of sp³-hybridized carbons (Fsp3) is 0.409. The van der Waals surface area contributed by atoms with Crippen LogP contribution >= 0.6 is 0 Å². The molecular formula is C22H27F3N4O3S. The number of benzene rings is 2. The van der Waals surface area contributed by atoms with Crippen LogP contribution in [0.2, 0.25) is 0 Å². The molecule has 33 heavy (non-hydrogen) atoms. The summed E-state index contributed by atoms with van der Waals surface area (Å²) in [6.07, 6.45) is -2.60. The van der Waals surface area contributed by atoms with E-state index in [-0.39, 0.29) is 17.1 Å². The molecule has 0 aromatic heterocycles. The zero-order chi connectivity index (χ0) is 24.4. The standard InChI is InChI=1S/C22H27F3N4O3S/c1-15-6-8-17(33(31,32)28(2)3)13-18(15)27-21(30)14-26-19-12-16(22(23,24)25)7-9-20(19)29-10-4-5-11-29/h6-9,12-13,26H,4-5,10-11,14H2,1-3H3,(H,27,30). The maximum Gasteiger partial charge on any atom is 0.416 e. The third-order valence-electron chi connectivity index (χ3n) is 5.47. The molecule has 0 unspecified atom stereocenters. The first-order chi connectivity index (χ1) is 15.4. The number of rotatable bonds is 7. The molecule has 1 aliphatic heterocycles. The molecule has 0 spiro atoms. The number of aryl methyl sites for hydroxylation is 1. The van der Waals surface area contributed by atoms with Gasteiger partial charge in [0.15, 0.2) is 0 Å². The molecule has 0 aliphatic carbocycles. The molecule has 0 atom stereocenters. The van der Waals surface area contributed by atoms with E-state index in [0.717, 1.165) is 42.4 Å². The zero-order valence-electron chi connectivity index (χ0n) is 18.7. The average Bonchev–Trinajstić information content (AvgIpc) is 3.27. The average molecular weight is 485 g/mol. The van der Waals surface area contributed by atoms with E-state index in [1.807, 2.05) is 4.90 Å². The molecule has 1 fully saturated rings. The number of hydrogen-bond donors (Lipinski definition) is 2. The minimum atomic E-state index is -4.50. The molecule has 1 amide bonds. The summed E-state index contributed by atoms with van der Waals surface area (Å²) in [6.45, 7) is 2.90. The Balaban J connectivity index is 1.78. The molecule has 11 heteroatoms. The van der Waals surface area contributed by atoms with Gasteiger partial charge in [0, 0.05) is 32.9 Å². The topological polar surface area (TPSA) is 81.8 Å². The molecule has 0 bridgehead atoms. The van der Waals surface area contributed by atoms with E-state index in [9.17, 15) is 26.4 Å². The van der Waals surface area contributed by atoms with Crippen molar-refractivity contribution in [2.75, 3.05) is 49.3 Å². The Kier molecular flexibility index (Phi) is 7.23. The lowest BCUT2D eigenvalue weighted by molar-refractivity contribution is -0.137. The van der Waals surface area contributed by atoms with Crippen molar-refractivity contribution in [2.45, 2.75) is 30.8 Å². The Bertz CT molecular complexity index is 1130.